The molecule has 4 N–H and O–H groups in total. The number of nitrogens with zero attached hydrogens (tertiary/aromatic N) is 2. The van der Waals surface area contributed by atoms with E-state index in [-0.39, 0.29) is 25.5 Å². The second-order valence-corrected chi connectivity index (χ2v) is 4.69. The number of hydrogen-bond donors (Lipinski definition) is 3. The molecule has 0 fully saturated rings. The lowest BCUT2D eigenvalue weighted by molar-refractivity contribution is -0.138. The molecular formula is C10H14N4O4S. The Morgan fingerprint density at radius 2 is 2.16 bits per heavy atom. The van der Waals surface area contributed by atoms with Crippen LogP contribution in [0.25, 0.3) is 0 Å². The summed E-state index contributed by atoms with van der Waals surface area (Å²) >= 11 is 1.22. The molecule has 0 aromatic carbocycles. The molecule has 104 valence electrons. The molecule has 1 rings (SSSR count). The second-order valence-electron chi connectivity index (χ2n) is 3.83. The molecule has 0 bridgehead atoms. The molecule has 1 aromatic rings. The van der Waals surface area contributed by atoms with Crippen LogP contribution in [-0.4, -0.2) is 45.9 Å². The molecule has 0 aliphatic heterocycles. The van der Waals surface area contributed by atoms with Crippen molar-refractivity contribution in [2.45, 2.75) is 13.5 Å². The van der Waals surface area contributed by atoms with E-state index >= 15 is 0 Å². The first kappa shape index (κ1) is 15.1. The van der Waals surface area contributed by atoms with Crippen molar-refractivity contribution < 1.29 is 19.5 Å². The van der Waals surface area contributed by atoms with Crippen LogP contribution in [0.5, 0.6) is 0 Å². The van der Waals surface area contributed by atoms with Crippen LogP contribution in [0.2, 0.25) is 0 Å². The largest absolute Gasteiger partial charge is 0.480 e. The molecule has 9 heteroatoms. The Morgan fingerprint density at radius 3 is 2.68 bits per heavy atom. The third-order valence-corrected chi connectivity index (χ3v) is 2.77. The van der Waals surface area contributed by atoms with Gasteiger partial charge in [-0.1, -0.05) is 0 Å². The Balaban J connectivity index is 2.66. The number of thiazole rings is 1. The molecule has 8 nitrogen and oxygen atoms in total. The molecule has 0 saturated heterocycles. The van der Waals surface area contributed by atoms with Crippen molar-refractivity contribution in [3.05, 3.63) is 11.1 Å². The molecule has 0 spiro atoms. The van der Waals surface area contributed by atoms with E-state index in [1.54, 1.807) is 5.38 Å². The van der Waals surface area contributed by atoms with E-state index in [4.69, 9.17) is 10.8 Å². The normalized spacial score (nSPS) is 10.4. The summed E-state index contributed by atoms with van der Waals surface area (Å²) in [7, 11) is 0. The van der Waals surface area contributed by atoms with E-state index in [0.717, 1.165) is 0 Å². The van der Waals surface area contributed by atoms with E-state index in [0.29, 0.717) is 10.8 Å². The van der Waals surface area contributed by atoms with E-state index < -0.39 is 11.9 Å². The van der Waals surface area contributed by atoms with E-state index in [1.807, 2.05) is 0 Å². The smallest absolute Gasteiger partial charge is 0.317 e. The number of nitrogens with one attached hydrogen (secondary N) is 1. The summed E-state index contributed by atoms with van der Waals surface area (Å²) in [4.78, 5) is 37.8. The lowest BCUT2D eigenvalue weighted by Gasteiger charge is -2.16. The average molecular weight is 286 g/mol. The van der Waals surface area contributed by atoms with Gasteiger partial charge in [0.05, 0.1) is 18.8 Å². The summed E-state index contributed by atoms with van der Waals surface area (Å²) in [5, 5.41) is 13.4. The second kappa shape index (κ2) is 6.81. The molecule has 0 atom stereocenters. The van der Waals surface area contributed by atoms with Crippen molar-refractivity contribution >= 4 is 34.3 Å². The van der Waals surface area contributed by atoms with Gasteiger partial charge in [-0.2, -0.15) is 0 Å². The number of anilines is 1. The average Bonchev–Trinajstić information content (AvgIpc) is 2.61. The summed E-state index contributed by atoms with van der Waals surface area (Å²) in [6.45, 7) is 1.06. The monoisotopic (exact) mass is 286 g/mol. The Kier molecular flexibility index (Phi) is 5.39. The van der Waals surface area contributed by atoms with Crippen LogP contribution in [0.3, 0.4) is 0 Å². The predicted molar refractivity (Wildman–Crippen MR) is 68.5 cm³/mol. The Morgan fingerprint density at radius 1 is 1.47 bits per heavy atom. The third-order valence-electron chi connectivity index (χ3n) is 1.96. The molecule has 1 aromatic heterocycles. The highest BCUT2D eigenvalue weighted by molar-refractivity contribution is 7.13. The third kappa shape index (κ3) is 5.93. The number of carboxylic acids is 1. The van der Waals surface area contributed by atoms with Crippen LogP contribution >= 0.6 is 11.3 Å². The summed E-state index contributed by atoms with van der Waals surface area (Å²) in [6.07, 6.45) is 0. The van der Waals surface area contributed by atoms with Crippen LogP contribution in [0.4, 0.5) is 5.13 Å². The highest BCUT2D eigenvalue weighted by Crippen LogP contribution is 2.16. The first-order valence-corrected chi connectivity index (χ1v) is 6.19. The minimum absolute atomic E-state index is 0.167. The van der Waals surface area contributed by atoms with Crippen molar-refractivity contribution in [3.8, 4) is 0 Å². The maximum atomic E-state index is 10.8. The summed E-state index contributed by atoms with van der Waals surface area (Å²) in [5.41, 5.74) is 5.61. The van der Waals surface area contributed by atoms with Crippen LogP contribution < -0.4 is 11.1 Å². The number of primary amides is 1. The van der Waals surface area contributed by atoms with Gasteiger partial charge in [-0.3, -0.25) is 19.3 Å². The highest BCUT2D eigenvalue weighted by atomic mass is 32.1. The number of nitrogens with two attached hydrogens (primary N) is 1. The maximum Gasteiger partial charge on any atom is 0.317 e. The molecule has 0 unspecified atom stereocenters. The number of carbonyl (C=O) groups excluding carboxylic acids is 2. The topological polar surface area (TPSA) is 126 Å². The van der Waals surface area contributed by atoms with Crippen LogP contribution in [-0.2, 0) is 20.9 Å². The zero-order valence-corrected chi connectivity index (χ0v) is 11.1. The van der Waals surface area contributed by atoms with Crippen molar-refractivity contribution in [2.24, 2.45) is 5.73 Å². The lowest BCUT2D eigenvalue weighted by atomic mass is 10.4. The molecular weight excluding hydrogens is 272 g/mol. The zero-order valence-electron chi connectivity index (χ0n) is 10.3. The Bertz CT molecular complexity index is 472. The SMILES string of the molecule is CC(=O)Nc1nc(CN(CC(N)=O)CC(=O)O)cs1. The van der Waals surface area contributed by atoms with Gasteiger partial charge >= 0.3 is 5.97 Å². The quantitative estimate of drug-likeness (QED) is 0.619. The number of aromatic nitrogens is 1. The number of amides is 2. The highest BCUT2D eigenvalue weighted by Gasteiger charge is 2.14. The molecule has 1 heterocycles. The minimum Gasteiger partial charge on any atom is -0.480 e. The Hall–Kier alpha value is -2.00. The van der Waals surface area contributed by atoms with Crippen molar-refractivity contribution in [1.82, 2.24) is 9.88 Å². The summed E-state index contributed by atoms with van der Waals surface area (Å²) < 4.78 is 0. The lowest BCUT2D eigenvalue weighted by Crippen LogP contribution is -2.36. The van der Waals surface area contributed by atoms with Crippen LogP contribution in [0.15, 0.2) is 5.38 Å². The molecule has 0 aliphatic carbocycles. The number of rotatable bonds is 7. The molecule has 0 aliphatic rings. The fourth-order valence-corrected chi connectivity index (χ4v) is 2.14. The minimum atomic E-state index is -1.06. The summed E-state index contributed by atoms with van der Waals surface area (Å²) in [5.74, 6) is -1.91. The Labute approximate surface area is 113 Å². The van der Waals surface area contributed by atoms with Crippen molar-refractivity contribution in [1.29, 1.82) is 0 Å². The first-order valence-electron chi connectivity index (χ1n) is 5.31. The number of carboxylic acid groups (broad SMARTS) is 1. The number of carbonyl (C=O) groups is 3. The van der Waals surface area contributed by atoms with Gasteiger partial charge in [0.2, 0.25) is 11.8 Å². The van der Waals surface area contributed by atoms with Crippen molar-refractivity contribution in [2.75, 3.05) is 18.4 Å². The number of hydrogen-bond acceptors (Lipinski definition) is 6. The van der Waals surface area contributed by atoms with Gasteiger partial charge in [0.25, 0.3) is 0 Å². The molecule has 19 heavy (non-hydrogen) atoms. The molecule has 0 saturated carbocycles. The van der Waals surface area contributed by atoms with Gasteiger partial charge in [-0.15, -0.1) is 11.3 Å². The number of aliphatic carboxylic acids is 1. The van der Waals surface area contributed by atoms with E-state index in [1.165, 1.54) is 23.2 Å². The van der Waals surface area contributed by atoms with E-state index in [2.05, 4.69) is 10.3 Å². The maximum absolute atomic E-state index is 10.8. The van der Waals surface area contributed by atoms with Crippen LogP contribution in [0, 0.1) is 0 Å². The summed E-state index contributed by atoms with van der Waals surface area (Å²) in [6, 6.07) is 0. The van der Waals surface area contributed by atoms with Gasteiger partial charge in [-0.05, 0) is 0 Å². The van der Waals surface area contributed by atoms with Crippen LogP contribution in [0.1, 0.15) is 12.6 Å². The van der Waals surface area contributed by atoms with Crippen molar-refractivity contribution in [3.63, 3.8) is 0 Å². The van der Waals surface area contributed by atoms with E-state index in [9.17, 15) is 14.4 Å². The molecule has 2 amide bonds. The fraction of sp³-hybridized carbons (Fsp3) is 0.400. The van der Waals surface area contributed by atoms with Gasteiger partial charge < -0.3 is 16.2 Å². The molecule has 0 radical (unpaired) electrons. The van der Waals surface area contributed by atoms with Gasteiger partial charge in [0, 0.05) is 18.8 Å². The standard InChI is InChI=1S/C10H14N4O4S/c1-6(15)12-10-13-7(5-19-10)2-14(3-8(11)16)4-9(17)18/h5H,2-4H2,1H3,(H2,11,16)(H,17,18)(H,12,13,15). The first-order chi connectivity index (χ1) is 8.86. The predicted octanol–water partition coefficient (Wildman–Crippen LogP) is -0.527. The van der Waals surface area contributed by atoms with Gasteiger partial charge in [0.15, 0.2) is 5.13 Å². The fourth-order valence-electron chi connectivity index (χ4n) is 1.40. The van der Waals surface area contributed by atoms with Gasteiger partial charge in [-0.25, -0.2) is 4.98 Å². The zero-order chi connectivity index (χ0) is 14.4. The van der Waals surface area contributed by atoms with Gasteiger partial charge in [0.1, 0.15) is 0 Å².